The zero-order valence-electron chi connectivity index (χ0n) is 15.1. The number of nitrogens with zero attached hydrogens (tertiary/aromatic N) is 1. The number of carbonyl (C=O) groups is 1. The van der Waals surface area contributed by atoms with Crippen molar-refractivity contribution in [2.45, 2.75) is 31.8 Å². The molecule has 2 aromatic rings. The average Bonchev–Trinajstić information content (AvgIpc) is 2.61. The van der Waals surface area contributed by atoms with Crippen LogP contribution in [0.25, 0.3) is 0 Å². The Kier molecular flexibility index (Phi) is 5.59. The molecule has 0 atom stereocenters. The fraction of sp³-hybridized carbons (Fsp3) is 0.381. The van der Waals surface area contributed by atoms with Crippen LogP contribution in [-0.4, -0.2) is 46.3 Å². The van der Waals surface area contributed by atoms with Crippen molar-refractivity contribution in [3.8, 4) is 5.75 Å². The van der Waals surface area contributed by atoms with Gasteiger partial charge in [0.05, 0.1) is 17.8 Å². The van der Waals surface area contributed by atoms with Crippen molar-refractivity contribution in [1.82, 2.24) is 4.90 Å². The van der Waals surface area contributed by atoms with Crippen molar-refractivity contribution in [2.24, 2.45) is 0 Å². The third-order valence-corrected chi connectivity index (χ3v) is 4.99. The predicted molar refractivity (Wildman–Crippen MR) is 102 cm³/mol. The van der Waals surface area contributed by atoms with Crippen LogP contribution in [0.1, 0.15) is 24.0 Å². The minimum Gasteiger partial charge on any atom is -0.506 e. The van der Waals surface area contributed by atoms with E-state index in [0.717, 1.165) is 5.56 Å². The van der Waals surface area contributed by atoms with Gasteiger partial charge in [0, 0.05) is 19.5 Å². The van der Waals surface area contributed by atoms with Gasteiger partial charge in [-0.05, 0) is 37.5 Å². The molecule has 3 N–H and O–H groups in total. The number of phenols is 1. The Morgan fingerprint density at radius 1 is 1.12 bits per heavy atom. The van der Waals surface area contributed by atoms with Gasteiger partial charge in [-0.25, -0.2) is 0 Å². The predicted octanol–water partition coefficient (Wildman–Crippen LogP) is 2.71. The molecular weight excluding hydrogens is 328 g/mol. The van der Waals surface area contributed by atoms with Crippen molar-refractivity contribution < 1.29 is 15.0 Å². The summed E-state index contributed by atoms with van der Waals surface area (Å²) in [6, 6.07) is 15.0. The number of para-hydroxylation sites is 2. The van der Waals surface area contributed by atoms with Crippen molar-refractivity contribution in [3.63, 3.8) is 0 Å². The van der Waals surface area contributed by atoms with Crippen LogP contribution in [0.15, 0.2) is 48.5 Å². The number of aliphatic hydroxyl groups is 1. The minimum atomic E-state index is -0.708. The van der Waals surface area contributed by atoms with Gasteiger partial charge in [-0.1, -0.05) is 42.0 Å². The van der Waals surface area contributed by atoms with Crippen molar-refractivity contribution in [3.05, 3.63) is 59.7 Å². The van der Waals surface area contributed by atoms with Crippen LogP contribution >= 0.6 is 0 Å². The summed E-state index contributed by atoms with van der Waals surface area (Å²) in [5, 5.41) is 23.3. The number of likely N-dealkylation sites (tertiary alicyclic amines) is 1. The third-order valence-electron chi connectivity index (χ3n) is 4.99. The SMILES string of the molecule is Cc1ccc(CC2(O)CCN(CC(=O)Nc3ccccc3O)CC2)cc1. The molecule has 0 aliphatic carbocycles. The molecule has 0 spiro atoms. The first-order valence-electron chi connectivity index (χ1n) is 9.02. The normalized spacial score (nSPS) is 17.0. The number of piperidine rings is 1. The molecule has 0 bridgehead atoms. The van der Waals surface area contributed by atoms with E-state index in [9.17, 15) is 15.0 Å². The van der Waals surface area contributed by atoms with E-state index in [1.807, 2.05) is 4.90 Å². The summed E-state index contributed by atoms with van der Waals surface area (Å²) >= 11 is 0. The lowest BCUT2D eigenvalue weighted by atomic mass is 9.85. The number of hydrogen-bond acceptors (Lipinski definition) is 4. The highest BCUT2D eigenvalue weighted by molar-refractivity contribution is 5.93. The van der Waals surface area contributed by atoms with Crippen LogP contribution in [0.4, 0.5) is 5.69 Å². The highest BCUT2D eigenvalue weighted by atomic mass is 16.3. The molecule has 1 amide bonds. The van der Waals surface area contributed by atoms with Crippen LogP contribution in [0.3, 0.4) is 0 Å². The number of nitrogens with one attached hydrogen (secondary N) is 1. The number of amides is 1. The van der Waals surface area contributed by atoms with Gasteiger partial charge in [0.2, 0.25) is 5.91 Å². The van der Waals surface area contributed by atoms with E-state index in [4.69, 9.17) is 0 Å². The van der Waals surface area contributed by atoms with Gasteiger partial charge in [-0.2, -0.15) is 0 Å². The van der Waals surface area contributed by atoms with Crippen LogP contribution in [-0.2, 0) is 11.2 Å². The largest absolute Gasteiger partial charge is 0.506 e. The number of benzene rings is 2. The summed E-state index contributed by atoms with van der Waals surface area (Å²) in [6.07, 6.45) is 1.93. The summed E-state index contributed by atoms with van der Waals surface area (Å²) in [6.45, 7) is 3.67. The van der Waals surface area contributed by atoms with Gasteiger partial charge in [0.1, 0.15) is 5.75 Å². The van der Waals surface area contributed by atoms with Crippen molar-refractivity contribution in [2.75, 3.05) is 25.0 Å². The van der Waals surface area contributed by atoms with Gasteiger partial charge in [0.15, 0.2) is 0 Å². The molecule has 5 heteroatoms. The molecule has 0 radical (unpaired) electrons. The number of aromatic hydroxyl groups is 1. The van der Waals surface area contributed by atoms with Crippen molar-refractivity contribution in [1.29, 1.82) is 0 Å². The van der Waals surface area contributed by atoms with Gasteiger partial charge in [-0.3, -0.25) is 9.69 Å². The molecule has 3 rings (SSSR count). The molecule has 0 unspecified atom stereocenters. The molecule has 1 saturated heterocycles. The smallest absolute Gasteiger partial charge is 0.238 e. The molecule has 1 heterocycles. The Morgan fingerprint density at radius 3 is 2.42 bits per heavy atom. The number of carbonyl (C=O) groups excluding carboxylic acids is 1. The fourth-order valence-electron chi connectivity index (χ4n) is 3.36. The highest BCUT2D eigenvalue weighted by Crippen LogP contribution is 2.27. The average molecular weight is 354 g/mol. The van der Waals surface area contributed by atoms with Crippen LogP contribution in [0.2, 0.25) is 0 Å². The van der Waals surface area contributed by atoms with Crippen molar-refractivity contribution >= 4 is 11.6 Å². The Morgan fingerprint density at radius 2 is 1.77 bits per heavy atom. The van der Waals surface area contributed by atoms with Crippen LogP contribution in [0, 0.1) is 6.92 Å². The number of anilines is 1. The molecule has 1 aliphatic heterocycles. The van der Waals surface area contributed by atoms with E-state index in [0.29, 0.717) is 38.0 Å². The van der Waals surface area contributed by atoms with Gasteiger partial charge in [-0.15, -0.1) is 0 Å². The summed E-state index contributed by atoms with van der Waals surface area (Å²) in [5.41, 5.74) is 2.07. The second-order valence-electron chi connectivity index (χ2n) is 7.23. The Labute approximate surface area is 154 Å². The molecule has 2 aromatic carbocycles. The second-order valence-corrected chi connectivity index (χ2v) is 7.23. The zero-order valence-corrected chi connectivity index (χ0v) is 15.1. The van der Waals surface area contributed by atoms with E-state index in [-0.39, 0.29) is 18.2 Å². The number of rotatable bonds is 5. The van der Waals surface area contributed by atoms with E-state index in [1.165, 1.54) is 5.56 Å². The summed E-state index contributed by atoms with van der Waals surface area (Å²) < 4.78 is 0. The minimum absolute atomic E-state index is 0.0620. The first-order valence-corrected chi connectivity index (χ1v) is 9.02. The van der Waals surface area contributed by atoms with Crippen LogP contribution in [0.5, 0.6) is 5.75 Å². The maximum absolute atomic E-state index is 12.2. The van der Waals surface area contributed by atoms with E-state index >= 15 is 0 Å². The van der Waals surface area contributed by atoms with Gasteiger partial charge >= 0.3 is 0 Å². The molecule has 1 aliphatic rings. The van der Waals surface area contributed by atoms with Gasteiger partial charge in [0.25, 0.3) is 0 Å². The standard InChI is InChI=1S/C21H26N2O3/c1-16-6-8-17(9-7-16)14-21(26)10-12-23(13-11-21)15-20(25)22-18-4-2-3-5-19(18)24/h2-9,24,26H,10-15H2,1H3,(H,22,25). The number of phenolic OH excluding ortho intramolecular Hbond substituents is 1. The Bertz CT molecular complexity index is 750. The first kappa shape index (κ1) is 18.4. The lowest BCUT2D eigenvalue weighted by molar-refractivity contribution is -0.118. The Balaban J connectivity index is 1.49. The molecular formula is C21H26N2O3. The number of hydrogen-bond donors (Lipinski definition) is 3. The van der Waals surface area contributed by atoms with E-state index in [2.05, 4.69) is 36.5 Å². The van der Waals surface area contributed by atoms with E-state index < -0.39 is 5.60 Å². The molecule has 0 aromatic heterocycles. The topological polar surface area (TPSA) is 72.8 Å². The molecule has 26 heavy (non-hydrogen) atoms. The highest BCUT2D eigenvalue weighted by Gasteiger charge is 2.32. The van der Waals surface area contributed by atoms with E-state index in [1.54, 1.807) is 24.3 Å². The van der Waals surface area contributed by atoms with Crippen LogP contribution < -0.4 is 5.32 Å². The maximum atomic E-state index is 12.2. The lowest BCUT2D eigenvalue weighted by Gasteiger charge is -2.38. The molecule has 0 saturated carbocycles. The quantitative estimate of drug-likeness (QED) is 0.722. The number of aryl methyl sites for hydroxylation is 1. The third kappa shape index (κ3) is 4.84. The summed E-state index contributed by atoms with van der Waals surface area (Å²) in [5.74, 6) is -0.0950. The first-order chi connectivity index (χ1) is 12.4. The summed E-state index contributed by atoms with van der Waals surface area (Å²) in [7, 11) is 0. The monoisotopic (exact) mass is 354 g/mol. The maximum Gasteiger partial charge on any atom is 0.238 e. The Hall–Kier alpha value is -2.37. The fourth-order valence-corrected chi connectivity index (χ4v) is 3.36. The second kappa shape index (κ2) is 7.89. The summed E-state index contributed by atoms with van der Waals surface area (Å²) in [4.78, 5) is 14.2. The lowest BCUT2D eigenvalue weighted by Crippen LogP contribution is -2.47. The van der Waals surface area contributed by atoms with Gasteiger partial charge < -0.3 is 15.5 Å². The zero-order chi connectivity index (χ0) is 18.6. The molecule has 5 nitrogen and oxygen atoms in total. The molecule has 1 fully saturated rings. The molecule has 138 valence electrons.